The second-order valence-corrected chi connectivity index (χ2v) is 9.39. The Balaban J connectivity index is 2.01. The number of esters is 1. The van der Waals surface area contributed by atoms with Gasteiger partial charge in [0, 0.05) is 5.56 Å². The van der Waals surface area contributed by atoms with E-state index in [-0.39, 0.29) is 5.56 Å². The van der Waals surface area contributed by atoms with Crippen LogP contribution in [0.5, 0.6) is 0 Å². The van der Waals surface area contributed by atoms with E-state index >= 15 is 0 Å². The molecule has 1 amide bonds. The summed E-state index contributed by atoms with van der Waals surface area (Å²) in [5.41, 5.74) is -0.773. The predicted octanol–water partition coefficient (Wildman–Crippen LogP) is 8.24. The van der Waals surface area contributed by atoms with Crippen LogP contribution >= 0.6 is 0 Å². The Bertz CT molecular complexity index is 704. The minimum atomic E-state index is -4.46. The van der Waals surface area contributed by atoms with Crippen LogP contribution < -0.4 is 5.32 Å². The maximum absolute atomic E-state index is 12.6. The van der Waals surface area contributed by atoms with Gasteiger partial charge >= 0.3 is 12.1 Å². The summed E-state index contributed by atoms with van der Waals surface area (Å²) in [5, 5.41) is 2.46. The van der Waals surface area contributed by atoms with E-state index in [1.165, 1.54) is 84.0 Å². The van der Waals surface area contributed by atoms with Crippen LogP contribution in [0.1, 0.15) is 126 Å². The van der Waals surface area contributed by atoms with Gasteiger partial charge in [-0.3, -0.25) is 4.79 Å². The first-order chi connectivity index (χ1) is 16.8. The maximum atomic E-state index is 12.6. The van der Waals surface area contributed by atoms with Crippen LogP contribution in [-0.2, 0) is 15.7 Å². The zero-order valence-corrected chi connectivity index (χ0v) is 21.6. The van der Waals surface area contributed by atoms with Crippen molar-refractivity contribution in [1.29, 1.82) is 0 Å². The van der Waals surface area contributed by atoms with E-state index in [0.717, 1.165) is 43.5 Å². The molecule has 0 aliphatic rings. The smallest absolute Gasteiger partial charge is 0.416 e. The van der Waals surface area contributed by atoms with Gasteiger partial charge in [-0.05, 0) is 37.6 Å². The van der Waals surface area contributed by atoms with Gasteiger partial charge in [0.2, 0.25) is 0 Å². The van der Waals surface area contributed by atoms with Crippen LogP contribution in [0.25, 0.3) is 0 Å². The molecular weight excluding hydrogens is 455 g/mol. The zero-order chi connectivity index (χ0) is 25.9. The average Bonchev–Trinajstić information content (AvgIpc) is 2.83. The van der Waals surface area contributed by atoms with Crippen LogP contribution in [-0.4, -0.2) is 24.5 Å². The first-order valence-electron chi connectivity index (χ1n) is 13.4. The number of nitrogens with one attached hydrogen (secondary N) is 1. The van der Waals surface area contributed by atoms with Crippen molar-refractivity contribution >= 4 is 11.9 Å². The highest BCUT2D eigenvalue weighted by Gasteiger charge is 2.30. The summed E-state index contributed by atoms with van der Waals surface area (Å²) in [6.45, 7) is 4.05. The Morgan fingerprint density at radius 1 is 0.771 bits per heavy atom. The van der Waals surface area contributed by atoms with Crippen molar-refractivity contribution in [2.45, 2.75) is 122 Å². The second kappa shape index (κ2) is 18.3. The summed E-state index contributed by atoms with van der Waals surface area (Å²) >= 11 is 0. The summed E-state index contributed by atoms with van der Waals surface area (Å²) in [6.07, 6.45) is 14.4. The van der Waals surface area contributed by atoms with Crippen LogP contribution in [0.15, 0.2) is 24.3 Å². The van der Waals surface area contributed by atoms with Crippen LogP contribution in [0.2, 0.25) is 0 Å². The van der Waals surface area contributed by atoms with E-state index in [1.54, 1.807) is 0 Å². The summed E-state index contributed by atoms with van der Waals surface area (Å²) in [6, 6.07) is 2.99. The number of hydrogen-bond donors (Lipinski definition) is 1. The van der Waals surface area contributed by atoms with Crippen molar-refractivity contribution in [3.05, 3.63) is 35.4 Å². The molecular formula is C28H44F3NO3. The highest BCUT2D eigenvalue weighted by Crippen LogP contribution is 2.29. The minimum Gasteiger partial charge on any atom is -0.464 e. The normalized spacial score (nSPS) is 12.4. The summed E-state index contributed by atoms with van der Waals surface area (Å²) < 4.78 is 43.1. The van der Waals surface area contributed by atoms with Crippen molar-refractivity contribution in [3.63, 3.8) is 0 Å². The monoisotopic (exact) mass is 499 g/mol. The molecule has 0 saturated carbocycles. The molecule has 0 bridgehead atoms. The zero-order valence-electron chi connectivity index (χ0n) is 21.6. The van der Waals surface area contributed by atoms with Gasteiger partial charge in [0.25, 0.3) is 5.91 Å². The Labute approximate surface area is 209 Å². The fraction of sp³-hybridized carbons (Fsp3) is 0.714. The lowest BCUT2D eigenvalue weighted by molar-refractivity contribution is -0.145. The number of amides is 1. The molecule has 0 saturated heterocycles. The number of hydrogen-bond acceptors (Lipinski definition) is 3. The molecule has 35 heavy (non-hydrogen) atoms. The molecule has 0 spiro atoms. The van der Waals surface area contributed by atoms with E-state index in [9.17, 15) is 22.8 Å². The number of carbonyl (C=O) groups excluding carboxylic acids is 2. The maximum Gasteiger partial charge on any atom is 0.416 e. The van der Waals surface area contributed by atoms with Crippen molar-refractivity contribution in [1.82, 2.24) is 5.32 Å². The Hall–Kier alpha value is -2.05. The van der Waals surface area contributed by atoms with E-state index in [4.69, 9.17) is 4.74 Å². The SMILES string of the molecule is CCCCCCCCCCCCCCCCCOC(=O)[C@H](C)NC(=O)c1ccc(C(F)(F)F)cc1. The first-order valence-corrected chi connectivity index (χ1v) is 13.4. The molecule has 0 heterocycles. The third kappa shape index (κ3) is 14.8. The number of benzene rings is 1. The van der Waals surface area contributed by atoms with Gasteiger partial charge in [-0.15, -0.1) is 0 Å². The largest absolute Gasteiger partial charge is 0.464 e. The van der Waals surface area contributed by atoms with E-state index < -0.39 is 29.7 Å². The van der Waals surface area contributed by atoms with Crippen molar-refractivity contribution in [2.24, 2.45) is 0 Å². The van der Waals surface area contributed by atoms with Crippen molar-refractivity contribution in [3.8, 4) is 0 Å². The molecule has 1 aromatic rings. The quantitative estimate of drug-likeness (QED) is 0.154. The first kappa shape index (κ1) is 31.0. The van der Waals surface area contributed by atoms with Crippen LogP contribution in [0, 0.1) is 0 Å². The predicted molar refractivity (Wildman–Crippen MR) is 134 cm³/mol. The van der Waals surface area contributed by atoms with Gasteiger partial charge in [0.15, 0.2) is 0 Å². The number of carbonyl (C=O) groups is 2. The number of ether oxygens (including phenoxy) is 1. The van der Waals surface area contributed by atoms with E-state index in [0.29, 0.717) is 6.61 Å². The molecule has 1 aromatic carbocycles. The molecule has 0 aliphatic carbocycles. The average molecular weight is 500 g/mol. The van der Waals surface area contributed by atoms with Gasteiger partial charge in [-0.1, -0.05) is 96.8 Å². The van der Waals surface area contributed by atoms with E-state index in [1.807, 2.05) is 0 Å². The van der Waals surface area contributed by atoms with Crippen LogP contribution in [0.3, 0.4) is 0 Å². The lowest BCUT2D eigenvalue weighted by Gasteiger charge is -2.14. The molecule has 0 fully saturated rings. The Kier molecular flexibility index (Phi) is 16.2. The van der Waals surface area contributed by atoms with Gasteiger partial charge in [-0.25, -0.2) is 4.79 Å². The molecule has 7 heteroatoms. The number of halogens is 3. The highest BCUT2D eigenvalue weighted by atomic mass is 19.4. The van der Waals surface area contributed by atoms with Crippen molar-refractivity contribution < 1.29 is 27.5 Å². The molecule has 0 radical (unpaired) electrons. The molecule has 0 aliphatic heterocycles. The minimum absolute atomic E-state index is 0.0556. The molecule has 200 valence electrons. The lowest BCUT2D eigenvalue weighted by atomic mass is 10.0. The number of alkyl halides is 3. The second-order valence-electron chi connectivity index (χ2n) is 9.39. The molecule has 0 unspecified atom stereocenters. The molecule has 1 rings (SSSR count). The van der Waals surface area contributed by atoms with Crippen LogP contribution in [0.4, 0.5) is 13.2 Å². The Morgan fingerprint density at radius 2 is 1.20 bits per heavy atom. The standard InChI is InChI=1S/C28H44F3NO3/c1-3-4-5-6-7-8-9-10-11-12-13-14-15-16-17-22-35-27(34)23(2)32-26(33)24-18-20-25(21-19-24)28(29,30)31/h18-21,23H,3-17,22H2,1-2H3,(H,32,33)/t23-/m0/s1. The topological polar surface area (TPSA) is 55.4 Å². The summed E-state index contributed by atoms with van der Waals surface area (Å²) in [5.74, 6) is -1.16. The highest BCUT2D eigenvalue weighted by molar-refractivity contribution is 5.96. The summed E-state index contributed by atoms with van der Waals surface area (Å²) in [4.78, 5) is 24.2. The Morgan fingerprint density at radius 3 is 1.63 bits per heavy atom. The molecule has 1 N–H and O–H groups in total. The molecule has 0 aromatic heterocycles. The fourth-order valence-corrected chi connectivity index (χ4v) is 3.92. The van der Waals surface area contributed by atoms with Gasteiger partial charge in [0.1, 0.15) is 6.04 Å². The number of unbranched alkanes of at least 4 members (excludes halogenated alkanes) is 14. The molecule has 1 atom stereocenters. The van der Waals surface area contributed by atoms with E-state index in [2.05, 4.69) is 12.2 Å². The lowest BCUT2D eigenvalue weighted by Crippen LogP contribution is -2.39. The third-order valence-corrected chi connectivity index (χ3v) is 6.17. The van der Waals surface area contributed by atoms with Gasteiger partial charge < -0.3 is 10.1 Å². The van der Waals surface area contributed by atoms with Gasteiger partial charge in [0.05, 0.1) is 12.2 Å². The van der Waals surface area contributed by atoms with Gasteiger partial charge in [-0.2, -0.15) is 13.2 Å². The number of rotatable bonds is 19. The van der Waals surface area contributed by atoms with Crippen molar-refractivity contribution in [2.75, 3.05) is 6.61 Å². The fourth-order valence-electron chi connectivity index (χ4n) is 3.92. The summed E-state index contributed by atoms with van der Waals surface area (Å²) in [7, 11) is 0. The third-order valence-electron chi connectivity index (χ3n) is 6.17. The molecule has 4 nitrogen and oxygen atoms in total.